The molecule has 1 aromatic rings. The van der Waals surface area contributed by atoms with Crippen LogP contribution in [0.4, 0.5) is 22.0 Å². The van der Waals surface area contributed by atoms with Crippen LogP contribution in [-0.4, -0.2) is 56.9 Å². The molecule has 2 unspecified atom stereocenters. The first kappa shape index (κ1) is 27.2. The van der Waals surface area contributed by atoms with Gasteiger partial charge < -0.3 is 24.8 Å². The van der Waals surface area contributed by atoms with Gasteiger partial charge in [-0.3, -0.25) is 10.6 Å². The van der Waals surface area contributed by atoms with Gasteiger partial charge in [-0.1, -0.05) is 6.92 Å². The van der Waals surface area contributed by atoms with Crippen molar-refractivity contribution in [3.05, 3.63) is 29.6 Å². The van der Waals surface area contributed by atoms with Crippen LogP contribution in [0.15, 0.2) is 18.2 Å². The number of piperidine rings is 1. The minimum Gasteiger partial charge on any atom is -0.484 e. The average molecular weight is 484 g/mol. The zero-order valence-electron chi connectivity index (χ0n) is 18.1. The smallest absolute Gasteiger partial charge is 0.419 e. The number of hydrogen-bond donors (Lipinski definition) is 4. The number of amides is 1. The molecule has 1 fully saturated rings. The van der Waals surface area contributed by atoms with Crippen LogP contribution >= 0.6 is 0 Å². The van der Waals surface area contributed by atoms with E-state index in [0.717, 1.165) is 6.07 Å². The van der Waals surface area contributed by atoms with Gasteiger partial charge in [0.25, 0.3) is 5.91 Å². The summed E-state index contributed by atoms with van der Waals surface area (Å²) < 4.78 is 79.8. The van der Waals surface area contributed by atoms with Crippen molar-refractivity contribution in [1.82, 2.24) is 16.1 Å². The van der Waals surface area contributed by atoms with Crippen molar-refractivity contribution in [2.24, 2.45) is 5.84 Å². The summed E-state index contributed by atoms with van der Waals surface area (Å²) in [5, 5.41) is 5.94. The highest BCUT2D eigenvalue weighted by Gasteiger charge is 2.34. The molecule has 0 radical (unpaired) electrons. The fourth-order valence-electron chi connectivity index (χ4n) is 3.34. The maximum Gasteiger partial charge on any atom is 0.419 e. The Morgan fingerprint density at radius 1 is 1.33 bits per heavy atom. The number of nitrogens with one attached hydrogen (secondary N) is 3. The van der Waals surface area contributed by atoms with Crippen LogP contribution in [0, 0.1) is 5.82 Å². The number of carbonyl (C=O) groups is 1. The van der Waals surface area contributed by atoms with Crippen molar-refractivity contribution >= 4 is 5.91 Å². The molecule has 0 aromatic heterocycles. The molecule has 1 saturated heterocycles. The predicted octanol–water partition coefficient (Wildman–Crippen LogP) is 1.99. The monoisotopic (exact) mass is 484 g/mol. The third-order valence-electron chi connectivity index (χ3n) is 4.98. The third kappa shape index (κ3) is 8.66. The zero-order chi connectivity index (χ0) is 24.4. The number of benzene rings is 1. The highest BCUT2D eigenvalue weighted by Crippen LogP contribution is 2.32. The van der Waals surface area contributed by atoms with E-state index in [-0.39, 0.29) is 24.4 Å². The fraction of sp³-hybridized carbons (Fsp3) is 0.650. The Bertz CT molecular complexity index is 748. The van der Waals surface area contributed by atoms with Gasteiger partial charge in [-0.05, 0) is 31.4 Å². The van der Waals surface area contributed by atoms with Crippen molar-refractivity contribution < 1.29 is 41.0 Å². The summed E-state index contributed by atoms with van der Waals surface area (Å²) in [6, 6.07) is 1.68. The fourth-order valence-corrected chi connectivity index (χ4v) is 3.34. The largest absolute Gasteiger partial charge is 0.484 e. The number of ether oxygens (including phenoxy) is 3. The molecule has 1 aliphatic rings. The van der Waals surface area contributed by atoms with Crippen LogP contribution in [0.3, 0.4) is 0 Å². The standard InChI is InChI=1S/C20H29F5N4O4/c1-2-18(31-8-7-21)33-19(29-26)16-6-3-12(10-27-16)28-17(30)11-32-13-4-5-14(15(22)9-13)20(23,24)25/h4-5,9,12,16,18-19,27,29H,2-3,6-8,10-11,26H2,1H3,(H,28,30)/t12-,16?,18+,19?/m0/s1. The van der Waals surface area contributed by atoms with Crippen molar-refractivity contribution in [2.75, 3.05) is 26.4 Å². The Kier molecular flexibility index (Phi) is 10.7. The number of carbonyl (C=O) groups excluding carboxylic acids is 1. The maximum atomic E-state index is 13.6. The molecule has 8 nitrogen and oxygen atoms in total. The zero-order valence-corrected chi connectivity index (χ0v) is 18.1. The van der Waals surface area contributed by atoms with Crippen molar-refractivity contribution in [3.8, 4) is 5.75 Å². The maximum absolute atomic E-state index is 13.6. The van der Waals surface area contributed by atoms with Crippen LogP contribution in [0.1, 0.15) is 31.7 Å². The van der Waals surface area contributed by atoms with Crippen LogP contribution in [0.25, 0.3) is 0 Å². The Morgan fingerprint density at radius 2 is 2.09 bits per heavy atom. The van der Waals surface area contributed by atoms with Crippen molar-refractivity contribution in [2.45, 2.75) is 57.0 Å². The normalized spacial score (nSPS) is 20.8. The van der Waals surface area contributed by atoms with Gasteiger partial charge >= 0.3 is 6.18 Å². The van der Waals surface area contributed by atoms with E-state index in [4.69, 9.17) is 20.1 Å². The molecule has 1 aromatic carbocycles. The topological polar surface area (TPSA) is 107 Å². The first-order valence-corrected chi connectivity index (χ1v) is 10.5. The quantitative estimate of drug-likeness (QED) is 0.156. The summed E-state index contributed by atoms with van der Waals surface area (Å²) in [5.74, 6) is 3.40. The van der Waals surface area contributed by atoms with Crippen LogP contribution in [-0.2, 0) is 20.4 Å². The number of halogens is 5. The summed E-state index contributed by atoms with van der Waals surface area (Å²) >= 11 is 0. The molecule has 0 spiro atoms. The number of nitrogens with two attached hydrogens (primary N) is 1. The molecular weight excluding hydrogens is 455 g/mol. The second-order valence-electron chi connectivity index (χ2n) is 7.41. The average Bonchev–Trinajstić information content (AvgIpc) is 2.78. The van der Waals surface area contributed by atoms with E-state index in [1.165, 1.54) is 0 Å². The SMILES string of the molecule is CC[C@H](OCCF)OC(NN)C1CC[C@H](NC(=O)COc2ccc(C(F)(F)F)c(F)c2)CN1. The summed E-state index contributed by atoms with van der Waals surface area (Å²) in [6.45, 7) is 1.04. The molecule has 13 heteroatoms. The highest BCUT2D eigenvalue weighted by atomic mass is 19.4. The van der Waals surface area contributed by atoms with Crippen molar-refractivity contribution in [3.63, 3.8) is 0 Å². The van der Waals surface area contributed by atoms with E-state index in [1.54, 1.807) is 0 Å². The molecule has 0 aliphatic carbocycles. The Balaban J connectivity index is 1.76. The lowest BCUT2D eigenvalue weighted by Gasteiger charge is -2.36. The molecule has 1 amide bonds. The van der Waals surface area contributed by atoms with Gasteiger partial charge in [0.2, 0.25) is 0 Å². The molecule has 2 rings (SSSR count). The predicted molar refractivity (Wildman–Crippen MR) is 108 cm³/mol. The van der Waals surface area contributed by atoms with Gasteiger partial charge in [-0.15, -0.1) is 0 Å². The van der Waals surface area contributed by atoms with Gasteiger partial charge in [-0.2, -0.15) is 13.2 Å². The lowest BCUT2D eigenvalue weighted by molar-refractivity contribution is -0.188. The van der Waals surface area contributed by atoms with E-state index in [0.29, 0.717) is 37.9 Å². The van der Waals surface area contributed by atoms with E-state index in [1.807, 2.05) is 6.92 Å². The van der Waals surface area contributed by atoms with Gasteiger partial charge in [0.05, 0.1) is 12.2 Å². The highest BCUT2D eigenvalue weighted by molar-refractivity contribution is 5.77. The van der Waals surface area contributed by atoms with Gasteiger partial charge in [0, 0.05) is 24.7 Å². The summed E-state index contributed by atoms with van der Waals surface area (Å²) in [5.41, 5.74) is 1.15. The summed E-state index contributed by atoms with van der Waals surface area (Å²) in [4.78, 5) is 12.1. The molecule has 5 N–H and O–H groups in total. The lowest BCUT2D eigenvalue weighted by atomic mass is 9.99. The Hall–Kier alpha value is -2.06. The van der Waals surface area contributed by atoms with Crippen LogP contribution in [0.2, 0.25) is 0 Å². The third-order valence-corrected chi connectivity index (χ3v) is 4.98. The second kappa shape index (κ2) is 13.0. The van der Waals surface area contributed by atoms with E-state index < -0.39 is 49.3 Å². The molecule has 1 heterocycles. The van der Waals surface area contributed by atoms with E-state index in [2.05, 4.69) is 16.1 Å². The van der Waals surface area contributed by atoms with E-state index >= 15 is 0 Å². The first-order valence-electron chi connectivity index (χ1n) is 10.5. The molecule has 4 atom stereocenters. The van der Waals surface area contributed by atoms with Gasteiger partial charge in [0.1, 0.15) is 24.5 Å². The molecule has 188 valence electrons. The first-order chi connectivity index (χ1) is 15.7. The lowest BCUT2D eigenvalue weighted by Crippen LogP contribution is -2.59. The number of hydrogen-bond acceptors (Lipinski definition) is 7. The second-order valence-corrected chi connectivity index (χ2v) is 7.41. The molecular formula is C20H29F5N4O4. The molecule has 0 bridgehead atoms. The molecule has 1 aliphatic heterocycles. The Morgan fingerprint density at radius 3 is 2.64 bits per heavy atom. The summed E-state index contributed by atoms with van der Waals surface area (Å²) in [6.07, 6.45) is -4.34. The number of alkyl halides is 4. The minimum absolute atomic E-state index is 0.0802. The van der Waals surface area contributed by atoms with Crippen LogP contribution < -0.4 is 26.6 Å². The van der Waals surface area contributed by atoms with Crippen LogP contribution in [0.5, 0.6) is 5.75 Å². The molecule has 0 saturated carbocycles. The molecule has 33 heavy (non-hydrogen) atoms. The number of hydrazine groups is 1. The van der Waals surface area contributed by atoms with Gasteiger partial charge in [0.15, 0.2) is 12.9 Å². The summed E-state index contributed by atoms with van der Waals surface area (Å²) in [7, 11) is 0. The van der Waals surface area contributed by atoms with Gasteiger partial charge in [-0.25, -0.2) is 14.2 Å². The van der Waals surface area contributed by atoms with Crippen molar-refractivity contribution in [1.29, 1.82) is 0 Å². The van der Waals surface area contributed by atoms with E-state index in [9.17, 15) is 26.7 Å². The Labute approximate surface area is 188 Å². The minimum atomic E-state index is -4.81. The number of rotatable bonds is 12.